The molecule has 9 aromatic carbocycles. The molecule has 5 heteroatoms. The van der Waals surface area contributed by atoms with Crippen molar-refractivity contribution < 1.29 is 0 Å². The van der Waals surface area contributed by atoms with Crippen molar-refractivity contribution >= 4 is 120 Å². The van der Waals surface area contributed by atoms with Gasteiger partial charge in [-0.3, -0.25) is 0 Å². The van der Waals surface area contributed by atoms with Gasteiger partial charge in [-0.1, -0.05) is 213 Å². The lowest BCUT2D eigenvalue weighted by Crippen LogP contribution is -2.61. The number of nitrogens with zero attached hydrogens (tertiary/aromatic N) is 2. The van der Waals surface area contributed by atoms with Crippen molar-refractivity contribution in [3.05, 3.63) is 198 Å². The summed E-state index contributed by atoms with van der Waals surface area (Å²) in [6, 6.07) is 66.8. The van der Waals surface area contributed by atoms with Crippen LogP contribution in [0.3, 0.4) is 0 Å². The van der Waals surface area contributed by atoms with Crippen LogP contribution in [0.15, 0.2) is 170 Å². The highest BCUT2D eigenvalue weighted by atomic mass is 32.1. The zero-order chi connectivity index (χ0) is 55.5. The fourth-order valence-corrected chi connectivity index (χ4v) is 14.8. The topological polar surface area (TPSA) is 6.48 Å². The zero-order valence-corrected chi connectivity index (χ0v) is 50.6. The number of rotatable bonds is 4. The van der Waals surface area contributed by atoms with E-state index in [-0.39, 0.29) is 33.8 Å². The predicted molar refractivity (Wildman–Crippen MR) is 351 cm³/mol. The van der Waals surface area contributed by atoms with E-state index >= 15 is 0 Å². The summed E-state index contributed by atoms with van der Waals surface area (Å²) in [4.78, 5) is 5.38. The van der Waals surface area contributed by atoms with Gasteiger partial charge in [-0.25, -0.2) is 0 Å². The summed E-state index contributed by atoms with van der Waals surface area (Å²) in [6.45, 7) is 35.3. The molecule has 2 aliphatic heterocycles. The van der Waals surface area contributed by atoms with E-state index in [0.29, 0.717) is 0 Å². The summed E-state index contributed by atoms with van der Waals surface area (Å²) < 4.78 is 5.28. The van der Waals surface area contributed by atoms with Gasteiger partial charge in [-0.2, -0.15) is 0 Å². The Morgan fingerprint density at radius 1 is 0.291 bits per heavy atom. The SMILES string of the molecule is CC(C)(C)c1cc(-c2ccccc2N2c3cc4c(cc3B3c5cc6sc7ccccc7c6cc5N(c5ccccc5-c5cc(C(C)(C)C)cc(C(C)(C)C)c5)c5cc(C(C)(C)C)cc2c53)sc2ccccc24)cc(C(C)(C)C)c1. The minimum Gasteiger partial charge on any atom is -0.311 e. The Labute approximate surface area is 477 Å². The van der Waals surface area contributed by atoms with E-state index < -0.39 is 0 Å². The molecule has 0 amide bonds. The Kier molecular flexibility index (Phi) is 11.6. The third-order valence-electron chi connectivity index (χ3n) is 17.2. The number of para-hydroxylation sites is 2. The van der Waals surface area contributed by atoms with Crippen molar-refractivity contribution in [3.8, 4) is 22.3 Å². The second-order valence-electron chi connectivity index (χ2n) is 27.9. The van der Waals surface area contributed by atoms with Crippen LogP contribution in [0.25, 0.3) is 62.6 Å². The highest BCUT2D eigenvalue weighted by Gasteiger charge is 2.46. The quantitative estimate of drug-likeness (QED) is 0.162. The molecule has 0 fully saturated rings. The van der Waals surface area contributed by atoms with Crippen LogP contribution in [0.2, 0.25) is 0 Å². The number of thiophene rings is 2. The minimum atomic E-state index is -0.190. The van der Waals surface area contributed by atoms with Crippen LogP contribution in [0, 0.1) is 0 Å². The Hall–Kier alpha value is -6.92. The van der Waals surface area contributed by atoms with Crippen LogP contribution in [0.4, 0.5) is 34.1 Å². The molecule has 0 radical (unpaired) electrons. The maximum absolute atomic E-state index is 2.69. The van der Waals surface area contributed by atoms with Crippen molar-refractivity contribution in [3.63, 3.8) is 0 Å². The molecule has 11 aromatic rings. The number of hydrogen-bond acceptors (Lipinski definition) is 4. The first-order valence-corrected chi connectivity index (χ1v) is 30.1. The van der Waals surface area contributed by atoms with Crippen molar-refractivity contribution in [2.45, 2.75) is 131 Å². The molecule has 0 N–H and O–H groups in total. The molecule has 0 aliphatic carbocycles. The van der Waals surface area contributed by atoms with Gasteiger partial charge >= 0.3 is 0 Å². The van der Waals surface area contributed by atoms with Gasteiger partial charge in [-0.15, -0.1) is 22.7 Å². The van der Waals surface area contributed by atoms with Crippen molar-refractivity contribution in [2.24, 2.45) is 0 Å². The zero-order valence-electron chi connectivity index (χ0n) is 49.0. The maximum atomic E-state index is 2.69. The standard InChI is InChI=1S/C74H73BN2S2/c1-70(2,3)46-32-44(33-47(36-46)71(4,5)6)51-24-16-20-28-59(51)76-61-40-55-53-26-18-22-30-65(53)78-67(55)42-57(61)75-58-43-68-56(54-27-19-23-31-66(54)79-68)41-62(58)77(64-39-50(74(13,14)15)38-63(76)69(64)75)60-29-21-17-25-52(60)45-34-48(72(7,8)9)37-49(35-45)73(10,11)12/h16-43H,1-15H3. The van der Waals surface area contributed by atoms with E-state index in [1.807, 2.05) is 22.7 Å². The summed E-state index contributed by atoms with van der Waals surface area (Å²) in [6.07, 6.45) is 0. The second kappa shape index (κ2) is 17.8. The second-order valence-corrected chi connectivity index (χ2v) is 30.1. The van der Waals surface area contributed by atoms with Gasteiger partial charge in [0.1, 0.15) is 0 Å². The number of benzene rings is 9. The molecule has 4 heterocycles. The van der Waals surface area contributed by atoms with E-state index in [0.717, 1.165) is 0 Å². The molecule has 2 nitrogen and oxygen atoms in total. The fourth-order valence-electron chi connectivity index (χ4n) is 12.5. The smallest absolute Gasteiger partial charge is 0.252 e. The predicted octanol–water partition coefficient (Wildman–Crippen LogP) is 20.3. The summed E-state index contributed by atoms with van der Waals surface area (Å²) in [7, 11) is 0. The molecule has 79 heavy (non-hydrogen) atoms. The molecule has 394 valence electrons. The van der Waals surface area contributed by atoms with Crippen LogP contribution in [0.1, 0.15) is 132 Å². The Balaban J connectivity index is 1.18. The molecule has 0 unspecified atom stereocenters. The summed E-state index contributed by atoms with van der Waals surface area (Å²) in [5.41, 5.74) is 22.7. The molecular weight excluding hydrogens is 992 g/mol. The lowest BCUT2D eigenvalue weighted by Gasteiger charge is -2.46. The van der Waals surface area contributed by atoms with Crippen LogP contribution in [-0.4, -0.2) is 6.71 Å². The van der Waals surface area contributed by atoms with Crippen LogP contribution in [0.5, 0.6) is 0 Å². The first-order chi connectivity index (χ1) is 37.3. The molecular formula is C74H73BN2S2. The van der Waals surface area contributed by atoms with Crippen molar-refractivity contribution in [1.82, 2.24) is 0 Å². The van der Waals surface area contributed by atoms with Gasteiger partial charge in [0.25, 0.3) is 6.71 Å². The average Bonchev–Trinajstić information content (AvgIpc) is 4.12. The van der Waals surface area contributed by atoms with E-state index in [1.54, 1.807) is 0 Å². The molecule has 0 saturated carbocycles. The summed E-state index contributed by atoms with van der Waals surface area (Å²) >= 11 is 3.85. The lowest BCUT2D eigenvalue weighted by molar-refractivity contribution is 0.568. The average molecular weight is 1070 g/mol. The molecule has 0 spiro atoms. The maximum Gasteiger partial charge on any atom is 0.252 e. The minimum absolute atomic E-state index is 0.0447. The molecule has 0 atom stereocenters. The Morgan fingerprint density at radius 3 is 0.987 bits per heavy atom. The van der Waals surface area contributed by atoms with Gasteiger partial charge in [0.2, 0.25) is 0 Å². The number of anilines is 6. The molecule has 2 aliphatic rings. The van der Waals surface area contributed by atoms with E-state index in [9.17, 15) is 0 Å². The van der Waals surface area contributed by atoms with E-state index in [4.69, 9.17) is 0 Å². The van der Waals surface area contributed by atoms with E-state index in [2.05, 4.69) is 284 Å². The van der Waals surface area contributed by atoms with Gasteiger partial charge in [0.15, 0.2) is 0 Å². The largest absolute Gasteiger partial charge is 0.311 e. The highest BCUT2D eigenvalue weighted by Crippen LogP contribution is 2.53. The summed E-state index contributed by atoms with van der Waals surface area (Å²) in [5, 5.41) is 5.23. The van der Waals surface area contributed by atoms with Gasteiger partial charge in [-0.05, 0) is 143 Å². The van der Waals surface area contributed by atoms with Crippen LogP contribution in [-0.2, 0) is 27.1 Å². The van der Waals surface area contributed by atoms with Gasteiger partial charge in [0, 0.05) is 74.2 Å². The van der Waals surface area contributed by atoms with E-state index in [1.165, 1.54) is 141 Å². The number of fused-ring (bicyclic) bond motifs is 10. The van der Waals surface area contributed by atoms with Gasteiger partial charge < -0.3 is 9.80 Å². The Morgan fingerprint density at radius 2 is 0.620 bits per heavy atom. The third kappa shape index (κ3) is 8.56. The van der Waals surface area contributed by atoms with Gasteiger partial charge in [0.05, 0.1) is 11.4 Å². The fraction of sp³-hybridized carbons (Fsp3) is 0.270. The van der Waals surface area contributed by atoms with Crippen molar-refractivity contribution in [2.75, 3.05) is 9.80 Å². The molecule has 0 saturated heterocycles. The highest BCUT2D eigenvalue weighted by molar-refractivity contribution is 7.26. The molecule has 2 aromatic heterocycles. The first-order valence-electron chi connectivity index (χ1n) is 28.5. The normalized spacial score (nSPS) is 13.9. The van der Waals surface area contributed by atoms with Crippen LogP contribution < -0.4 is 26.2 Å². The third-order valence-corrected chi connectivity index (χ3v) is 19.4. The monoisotopic (exact) mass is 1060 g/mol. The molecule has 13 rings (SSSR count). The van der Waals surface area contributed by atoms with Crippen LogP contribution >= 0.6 is 22.7 Å². The first kappa shape index (κ1) is 51.5. The number of hydrogen-bond donors (Lipinski definition) is 0. The summed E-state index contributed by atoms with van der Waals surface area (Å²) in [5.74, 6) is 0. The molecule has 0 bridgehead atoms. The lowest BCUT2D eigenvalue weighted by atomic mass is 9.33. The van der Waals surface area contributed by atoms with Crippen molar-refractivity contribution in [1.29, 1.82) is 0 Å². The Bertz CT molecular complexity index is 3970.